The zero-order chi connectivity index (χ0) is 15.9. The number of hydrogen-bond acceptors (Lipinski definition) is 4. The van der Waals surface area contributed by atoms with Crippen molar-refractivity contribution >= 4 is 17.4 Å². The third kappa shape index (κ3) is 4.04. The lowest BCUT2D eigenvalue weighted by Gasteiger charge is -2.11. The summed E-state index contributed by atoms with van der Waals surface area (Å²) in [4.78, 5) is 12.0. The Morgan fingerprint density at radius 1 is 1.14 bits per heavy atom. The second-order valence-electron chi connectivity index (χ2n) is 5.22. The number of nitrogens with zero attached hydrogens (tertiary/aromatic N) is 2. The van der Waals surface area contributed by atoms with Crippen LogP contribution in [0.15, 0.2) is 36.4 Å². The molecule has 1 amide bonds. The van der Waals surface area contributed by atoms with Crippen LogP contribution in [0.5, 0.6) is 0 Å². The van der Waals surface area contributed by atoms with E-state index in [-0.39, 0.29) is 11.9 Å². The summed E-state index contributed by atoms with van der Waals surface area (Å²) in [5.74, 6) is 0.434. The Hall–Kier alpha value is -2.43. The molecular formula is C17H22N4O. The molecule has 1 heterocycles. The quantitative estimate of drug-likeness (QED) is 0.858. The predicted molar refractivity (Wildman–Crippen MR) is 88.4 cm³/mol. The molecule has 0 bridgehead atoms. The van der Waals surface area contributed by atoms with Crippen LogP contribution in [0, 0.1) is 0 Å². The molecule has 116 valence electrons. The molecule has 0 aliphatic heterocycles. The van der Waals surface area contributed by atoms with Crippen molar-refractivity contribution in [2.75, 3.05) is 5.32 Å². The van der Waals surface area contributed by atoms with Crippen molar-refractivity contribution in [2.24, 2.45) is 0 Å². The van der Waals surface area contributed by atoms with Gasteiger partial charge in [0.25, 0.3) is 5.91 Å². The highest BCUT2D eigenvalue weighted by atomic mass is 16.2. The standard InChI is InChI=1S/C17H22N4O/c1-4-12(3)18-17(22)15-10-11-16(21-20-15)19-14-9-7-6-8-13(14)5-2/h6-12H,4-5H2,1-3H3,(H,18,22)(H,19,21). The molecule has 2 aromatic rings. The van der Waals surface area contributed by atoms with Crippen molar-refractivity contribution < 1.29 is 4.79 Å². The second kappa shape index (κ2) is 7.54. The molecule has 5 nitrogen and oxygen atoms in total. The zero-order valence-corrected chi connectivity index (χ0v) is 13.3. The fourth-order valence-corrected chi connectivity index (χ4v) is 2.01. The lowest BCUT2D eigenvalue weighted by Crippen LogP contribution is -2.32. The maximum absolute atomic E-state index is 12.0. The fourth-order valence-electron chi connectivity index (χ4n) is 2.01. The lowest BCUT2D eigenvalue weighted by atomic mass is 10.1. The highest BCUT2D eigenvalue weighted by molar-refractivity contribution is 5.92. The number of hydrogen-bond donors (Lipinski definition) is 2. The number of carbonyl (C=O) groups excluding carboxylic acids is 1. The first-order valence-electron chi connectivity index (χ1n) is 7.63. The lowest BCUT2D eigenvalue weighted by molar-refractivity contribution is 0.0933. The fraction of sp³-hybridized carbons (Fsp3) is 0.353. The minimum Gasteiger partial charge on any atom is -0.348 e. The van der Waals surface area contributed by atoms with E-state index in [0.29, 0.717) is 11.5 Å². The number of nitrogens with one attached hydrogen (secondary N) is 2. The van der Waals surface area contributed by atoms with Crippen LogP contribution in [0.25, 0.3) is 0 Å². The molecule has 0 fully saturated rings. The molecule has 0 spiro atoms. The molecule has 0 radical (unpaired) electrons. The molecule has 1 aromatic carbocycles. The number of anilines is 2. The Morgan fingerprint density at radius 2 is 1.91 bits per heavy atom. The average Bonchev–Trinajstić information content (AvgIpc) is 2.55. The summed E-state index contributed by atoms with van der Waals surface area (Å²) in [6.45, 7) is 6.09. The summed E-state index contributed by atoms with van der Waals surface area (Å²) >= 11 is 0. The molecule has 1 unspecified atom stereocenters. The van der Waals surface area contributed by atoms with Gasteiger partial charge in [0.1, 0.15) is 0 Å². The highest BCUT2D eigenvalue weighted by Gasteiger charge is 2.10. The third-order valence-electron chi connectivity index (χ3n) is 3.55. The van der Waals surface area contributed by atoms with Crippen molar-refractivity contribution in [3.8, 4) is 0 Å². The molecule has 5 heteroatoms. The van der Waals surface area contributed by atoms with Crippen molar-refractivity contribution in [1.29, 1.82) is 0 Å². The smallest absolute Gasteiger partial charge is 0.272 e. The first kappa shape index (κ1) is 15.9. The van der Waals surface area contributed by atoms with E-state index in [9.17, 15) is 4.79 Å². The van der Waals surface area contributed by atoms with Crippen molar-refractivity contribution in [2.45, 2.75) is 39.7 Å². The first-order chi connectivity index (χ1) is 10.6. The SMILES string of the molecule is CCc1ccccc1Nc1ccc(C(=O)NC(C)CC)nn1. The van der Waals surface area contributed by atoms with Gasteiger partial charge >= 0.3 is 0 Å². The summed E-state index contributed by atoms with van der Waals surface area (Å²) < 4.78 is 0. The Labute approximate surface area is 131 Å². The second-order valence-corrected chi connectivity index (χ2v) is 5.22. The number of para-hydroxylation sites is 1. The van der Waals surface area contributed by atoms with Crippen LogP contribution in [0.2, 0.25) is 0 Å². The molecular weight excluding hydrogens is 276 g/mol. The summed E-state index contributed by atoms with van der Waals surface area (Å²) in [5, 5.41) is 14.2. The van der Waals surface area contributed by atoms with Crippen LogP contribution >= 0.6 is 0 Å². The average molecular weight is 298 g/mol. The van der Waals surface area contributed by atoms with Gasteiger partial charge in [0, 0.05) is 11.7 Å². The van der Waals surface area contributed by atoms with Gasteiger partial charge in [-0.25, -0.2) is 0 Å². The van der Waals surface area contributed by atoms with Crippen LogP contribution in [-0.4, -0.2) is 22.1 Å². The molecule has 22 heavy (non-hydrogen) atoms. The van der Waals surface area contributed by atoms with Gasteiger partial charge in [-0.3, -0.25) is 4.79 Å². The Kier molecular flexibility index (Phi) is 5.47. The van der Waals surface area contributed by atoms with Crippen LogP contribution in [-0.2, 0) is 6.42 Å². The van der Waals surface area contributed by atoms with Crippen molar-refractivity contribution in [1.82, 2.24) is 15.5 Å². The van der Waals surface area contributed by atoms with E-state index >= 15 is 0 Å². The number of rotatable bonds is 6. The zero-order valence-electron chi connectivity index (χ0n) is 13.3. The number of amides is 1. The van der Waals surface area contributed by atoms with Crippen LogP contribution < -0.4 is 10.6 Å². The molecule has 2 rings (SSSR count). The maximum atomic E-state index is 12.0. The maximum Gasteiger partial charge on any atom is 0.272 e. The Balaban J connectivity index is 2.07. The Morgan fingerprint density at radius 3 is 2.55 bits per heavy atom. The van der Waals surface area contributed by atoms with Gasteiger partial charge in [-0.2, -0.15) is 0 Å². The minimum atomic E-state index is -0.192. The van der Waals surface area contributed by atoms with Crippen LogP contribution in [0.4, 0.5) is 11.5 Å². The Bertz CT molecular complexity index is 625. The van der Waals surface area contributed by atoms with E-state index in [1.54, 1.807) is 12.1 Å². The number of aryl methyl sites for hydroxylation is 1. The van der Waals surface area contributed by atoms with Gasteiger partial charge in [0.2, 0.25) is 0 Å². The van der Waals surface area contributed by atoms with Gasteiger partial charge in [-0.15, -0.1) is 10.2 Å². The van der Waals surface area contributed by atoms with E-state index in [4.69, 9.17) is 0 Å². The van der Waals surface area contributed by atoms with Crippen molar-refractivity contribution in [3.63, 3.8) is 0 Å². The van der Waals surface area contributed by atoms with Gasteiger partial charge in [0.05, 0.1) is 0 Å². The minimum absolute atomic E-state index is 0.128. The van der Waals surface area contributed by atoms with Crippen LogP contribution in [0.1, 0.15) is 43.2 Å². The molecule has 0 saturated heterocycles. The largest absolute Gasteiger partial charge is 0.348 e. The van der Waals surface area contributed by atoms with Gasteiger partial charge in [0.15, 0.2) is 11.5 Å². The molecule has 0 aliphatic rings. The van der Waals surface area contributed by atoms with E-state index in [0.717, 1.165) is 18.5 Å². The number of aromatic nitrogens is 2. The first-order valence-corrected chi connectivity index (χ1v) is 7.63. The summed E-state index contributed by atoms with van der Waals surface area (Å²) in [7, 11) is 0. The topological polar surface area (TPSA) is 66.9 Å². The highest BCUT2D eigenvalue weighted by Crippen LogP contribution is 2.19. The summed E-state index contributed by atoms with van der Waals surface area (Å²) in [6.07, 6.45) is 1.82. The molecule has 0 saturated carbocycles. The molecule has 0 aliphatic carbocycles. The normalized spacial score (nSPS) is 11.8. The molecule has 1 atom stereocenters. The van der Waals surface area contributed by atoms with E-state index in [1.165, 1.54) is 5.56 Å². The van der Waals surface area contributed by atoms with Gasteiger partial charge in [-0.05, 0) is 43.5 Å². The monoisotopic (exact) mass is 298 g/mol. The van der Waals surface area contributed by atoms with Crippen molar-refractivity contribution in [3.05, 3.63) is 47.7 Å². The number of benzene rings is 1. The van der Waals surface area contributed by atoms with E-state index in [2.05, 4.69) is 33.8 Å². The van der Waals surface area contributed by atoms with E-state index < -0.39 is 0 Å². The molecule has 2 N–H and O–H groups in total. The predicted octanol–water partition coefficient (Wildman–Crippen LogP) is 3.31. The van der Waals surface area contributed by atoms with E-state index in [1.807, 2.05) is 32.0 Å². The van der Waals surface area contributed by atoms with Gasteiger partial charge < -0.3 is 10.6 Å². The third-order valence-corrected chi connectivity index (χ3v) is 3.55. The summed E-state index contributed by atoms with van der Waals surface area (Å²) in [5.41, 5.74) is 2.55. The summed E-state index contributed by atoms with van der Waals surface area (Å²) in [6, 6.07) is 11.6. The molecule has 1 aromatic heterocycles. The van der Waals surface area contributed by atoms with Crippen LogP contribution in [0.3, 0.4) is 0 Å². The number of carbonyl (C=O) groups is 1. The van der Waals surface area contributed by atoms with Gasteiger partial charge in [-0.1, -0.05) is 32.0 Å².